The summed E-state index contributed by atoms with van der Waals surface area (Å²) in [5.41, 5.74) is 0.443. The normalized spacial score (nSPS) is 15.7. The Hall–Kier alpha value is -2.15. The Balaban J connectivity index is 1.73. The number of piperazine rings is 1. The summed E-state index contributed by atoms with van der Waals surface area (Å²) in [6, 6.07) is 9.87. The van der Waals surface area contributed by atoms with Gasteiger partial charge in [-0.05, 0) is 30.3 Å². The number of halogens is 1. The van der Waals surface area contributed by atoms with Crippen LogP contribution in [-0.2, 0) is 9.84 Å². The highest BCUT2D eigenvalue weighted by Crippen LogP contribution is 2.24. The van der Waals surface area contributed by atoms with E-state index in [1.54, 1.807) is 12.3 Å². The molecule has 3 rings (SSSR count). The van der Waals surface area contributed by atoms with Gasteiger partial charge in [-0.25, -0.2) is 17.8 Å². The van der Waals surface area contributed by atoms with Crippen molar-refractivity contribution in [2.45, 2.75) is 4.90 Å². The van der Waals surface area contributed by atoms with E-state index in [1.807, 2.05) is 23.1 Å². The Labute approximate surface area is 135 Å². The highest BCUT2D eigenvalue weighted by molar-refractivity contribution is 7.90. The smallest absolute Gasteiger partial charge is 0.175 e. The molecular weight excluding hydrogens is 317 g/mol. The van der Waals surface area contributed by atoms with E-state index in [-0.39, 0.29) is 4.90 Å². The first kappa shape index (κ1) is 15.7. The van der Waals surface area contributed by atoms with Gasteiger partial charge in [0.1, 0.15) is 11.6 Å². The van der Waals surface area contributed by atoms with E-state index in [1.165, 1.54) is 6.07 Å². The Morgan fingerprint density at radius 2 is 1.74 bits per heavy atom. The van der Waals surface area contributed by atoms with Crippen LogP contribution in [0.1, 0.15) is 0 Å². The van der Waals surface area contributed by atoms with E-state index in [0.29, 0.717) is 18.8 Å². The predicted octanol–water partition coefficient (Wildman–Crippen LogP) is 1.95. The van der Waals surface area contributed by atoms with E-state index >= 15 is 0 Å². The molecule has 0 amide bonds. The maximum atomic E-state index is 14.3. The van der Waals surface area contributed by atoms with Crippen molar-refractivity contribution in [3.63, 3.8) is 0 Å². The molecule has 0 bridgehead atoms. The molecule has 0 saturated carbocycles. The van der Waals surface area contributed by atoms with Gasteiger partial charge in [-0.15, -0.1) is 0 Å². The molecule has 23 heavy (non-hydrogen) atoms. The van der Waals surface area contributed by atoms with Gasteiger partial charge < -0.3 is 9.80 Å². The molecule has 5 nitrogen and oxygen atoms in total. The van der Waals surface area contributed by atoms with Crippen LogP contribution in [0.3, 0.4) is 0 Å². The molecule has 0 radical (unpaired) electrons. The largest absolute Gasteiger partial charge is 0.366 e. The van der Waals surface area contributed by atoms with Crippen molar-refractivity contribution in [2.24, 2.45) is 0 Å². The average Bonchev–Trinajstić information content (AvgIpc) is 2.55. The molecule has 0 unspecified atom stereocenters. The van der Waals surface area contributed by atoms with Gasteiger partial charge in [0.25, 0.3) is 0 Å². The summed E-state index contributed by atoms with van der Waals surface area (Å²) in [7, 11) is -3.39. The monoisotopic (exact) mass is 335 g/mol. The van der Waals surface area contributed by atoms with Crippen molar-refractivity contribution in [3.05, 3.63) is 48.4 Å². The number of pyridine rings is 1. The van der Waals surface area contributed by atoms with Gasteiger partial charge in [0.05, 0.1) is 10.6 Å². The minimum atomic E-state index is -3.39. The fourth-order valence-electron chi connectivity index (χ4n) is 2.69. The first-order chi connectivity index (χ1) is 10.9. The SMILES string of the molecule is CS(=O)(=O)c1ccc(N2CCN(c3ccccn3)CC2)c(F)c1. The molecule has 0 aliphatic carbocycles. The summed E-state index contributed by atoms with van der Waals surface area (Å²) in [5.74, 6) is 0.416. The predicted molar refractivity (Wildman–Crippen MR) is 88.2 cm³/mol. The second kappa shape index (κ2) is 6.16. The standard InChI is InChI=1S/C16H18FN3O2S/c1-23(21,22)13-5-6-15(14(17)12-13)19-8-10-20(11-9-19)16-4-2-3-7-18-16/h2-7,12H,8-11H2,1H3. The average molecular weight is 335 g/mol. The number of hydrogen-bond acceptors (Lipinski definition) is 5. The number of anilines is 2. The van der Waals surface area contributed by atoms with E-state index < -0.39 is 15.7 Å². The summed E-state index contributed by atoms with van der Waals surface area (Å²) < 4.78 is 37.2. The summed E-state index contributed by atoms with van der Waals surface area (Å²) in [4.78, 5) is 8.41. The molecule has 2 heterocycles. The molecule has 7 heteroatoms. The molecular formula is C16H18FN3O2S. The van der Waals surface area contributed by atoms with Crippen LogP contribution in [0, 0.1) is 5.82 Å². The third-order valence-corrected chi connectivity index (χ3v) is 5.05. The molecule has 0 atom stereocenters. The molecule has 2 aromatic rings. The number of aromatic nitrogens is 1. The van der Waals surface area contributed by atoms with Crippen molar-refractivity contribution >= 4 is 21.3 Å². The Kier molecular flexibility index (Phi) is 4.21. The lowest BCUT2D eigenvalue weighted by molar-refractivity contribution is 0.586. The summed E-state index contributed by atoms with van der Waals surface area (Å²) in [5, 5.41) is 0. The Morgan fingerprint density at radius 3 is 2.30 bits per heavy atom. The fourth-order valence-corrected chi connectivity index (χ4v) is 3.32. The highest BCUT2D eigenvalue weighted by Gasteiger charge is 2.21. The molecule has 1 fully saturated rings. The topological polar surface area (TPSA) is 53.5 Å². The van der Waals surface area contributed by atoms with Crippen molar-refractivity contribution in [2.75, 3.05) is 42.2 Å². The minimum absolute atomic E-state index is 0.00544. The van der Waals surface area contributed by atoms with Crippen LogP contribution in [0.2, 0.25) is 0 Å². The van der Waals surface area contributed by atoms with Crippen LogP contribution < -0.4 is 9.80 Å². The maximum absolute atomic E-state index is 14.3. The molecule has 1 saturated heterocycles. The third-order valence-electron chi connectivity index (χ3n) is 3.94. The molecule has 1 aliphatic heterocycles. The first-order valence-corrected chi connectivity index (χ1v) is 9.25. The van der Waals surface area contributed by atoms with Crippen LogP contribution in [0.15, 0.2) is 47.5 Å². The van der Waals surface area contributed by atoms with Gasteiger partial charge in [0.2, 0.25) is 0 Å². The van der Waals surface area contributed by atoms with Gasteiger partial charge in [0.15, 0.2) is 9.84 Å². The van der Waals surface area contributed by atoms with E-state index in [0.717, 1.165) is 31.2 Å². The van der Waals surface area contributed by atoms with Crippen LogP contribution in [0.5, 0.6) is 0 Å². The molecule has 1 aromatic heterocycles. The van der Waals surface area contributed by atoms with Crippen molar-refractivity contribution in [1.29, 1.82) is 0 Å². The van der Waals surface area contributed by atoms with E-state index in [2.05, 4.69) is 9.88 Å². The number of rotatable bonds is 3. The number of benzene rings is 1. The molecule has 122 valence electrons. The summed E-state index contributed by atoms with van der Waals surface area (Å²) >= 11 is 0. The minimum Gasteiger partial charge on any atom is -0.366 e. The lowest BCUT2D eigenvalue weighted by Gasteiger charge is -2.36. The molecule has 0 spiro atoms. The molecule has 1 aliphatic rings. The summed E-state index contributed by atoms with van der Waals surface area (Å²) in [6.07, 6.45) is 2.83. The fraction of sp³-hybridized carbons (Fsp3) is 0.312. The number of hydrogen-bond donors (Lipinski definition) is 0. The lowest BCUT2D eigenvalue weighted by atomic mass is 10.2. The Morgan fingerprint density at radius 1 is 1.04 bits per heavy atom. The highest BCUT2D eigenvalue weighted by atomic mass is 32.2. The van der Waals surface area contributed by atoms with Crippen LogP contribution >= 0.6 is 0 Å². The first-order valence-electron chi connectivity index (χ1n) is 7.36. The van der Waals surface area contributed by atoms with Gasteiger partial charge in [-0.1, -0.05) is 6.07 Å². The Bertz CT molecular complexity index is 788. The zero-order chi connectivity index (χ0) is 16.4. The number of nitrogens with zero attached hydrogens (tertiary/aromatic N) is 3. The van der Waals surface area contributed by atoms with Crippen molar-refractivity contribution in [1.82, 2.24) is 4.98 Å². The van der Waals surface area contributed by atoms with E-state index in [4.69, 9.17) is 0 Å². The lowest BCUT2D eigenvalue weighted by Crippen LogP contribution is -2.47. The second-order valence-electron chi connectivity index (χ2n) is 5.55. The maximum Gasteiger partial charge on any atom is 0.175 e. The van der Waals surface area contributed by atoms with E-state index in [9.17, 15) is 12.8 Å². The third kappa shape index (κ3) is 3.44. The second-order valence-corrected chi connectivity index (χ2v) is 7.56. The van der Waals surface area contributed by atoms with Crippen LogP contribution in [0.4, 0.5) is 15.9 Å². The van der Waals surface area contributed by atoms with Gasteiger partial charge in [-0.2, -0.15) is 0 Å². The number of sulfone groups is 1. The van der Waals surface area contributed by atoms with Gasteiger partial charge in [0, 0.05) is 38.6 Å². The van der Waals surface area contributed by atoms with Crippen molar-refractivity contribution in [3.8, 4) is 0 Å². The molecule has 0 N–H and O–H groups in total. The zero-order valence-corrected chi connectivity index (χ0v) is 13.6. The quantitative estimate of drug-likeness (QED) is 0.858. The zero-order valence-electron chi connectivity index (χ0n) is 12.8. The molecule has 1 aromatic carbocycles. The van der Waals surface area contributed by atoms with Gasteiger partial charge in [-0.3, -0.25) is 0 Å². The van der Waals surface area contributed by atoms with Crippen molar-refractivity contribution < 1.29 is 12.8 Å². The van der Waals surface area contributed by atoms with Crippen LogP contribution in [-0.4, -0.2) is 45.8 Å². The van der Waals surface area contributed by atoms with Crippen LogP contribution in [0.25, 0.3) is 0 Å². The van der Waals surface area contributed by atoms with Gasteiger partial charge >= 0.3 is 0 Å². The summed E-state index contributed by atoms with van der Waals surface area (Å²) in [6.45, 7) is 2.80.